The summed E-state index contributed by atoms with van der Waals surface area (Å²) in [5.41, 5.74) is 2.04. The van der Waals surface area contributed by atoms with Crippen LogP contribution in [0.3, 0.4) is 0 Å². The van der Waals surface area contributed by atoms with Crippen molar-refractivity contribution in [3.05, 3.63) is 107 Å². The smallest absolute Gasteiger partial charge is 0.170 e. The normalized spacial score (nSPS) is 17.6. The number of halogens is 1. The highest BCUT2D eigenvalue weighted by molar-refractivity contribution is 7.99. The second kappa shape index (κ2) is 10.1. The van der Waals surface area contributed by atoms with Crippen LogP contribution < -0.4 is 10.1 Å². The number of methoxy groups -OCH3 is 1. The van der Waals surface area contributed by atoms with Crippen LogP contribution in [0, 0.1) is 0 Å². The maximum atomic E-state index is 6.35. The lowest BCUT2D eigenvalue weighted by Gasteiger charge is -2.26. The van der Waals surface area contributed by atoms with E-state index in [0.717, 1.165) is 32.8 Å². The molecule has 0 spiro atoms. The van der Waals surface area contributed by atoms with Gasteiger partial charge in [0.15, 0.2) is 10.2 Å². The fourth-order valence-corrected chi connectivity index (χ4v) is 5.19. The van der Waals surface area contributed by atoms with Crippen molar-refractivity contribution in [1.29, 1.82) is 0 Å². The Balaban J connectivity index is 1.45. The first-order valence-corrected chi connectivity index (χ1v) is 12.3. The minimum absolute atomic E-state index is 0.133. The number of aromatic nitrogens is 1. The lowest BCUT2D eigenvalue weighted by molar-refractivity contribution is 0.254. The molecule has 1 saturated heterocycles. The summed E-state index contributed by atoms with van der Waals surface area (Å²) in [6.45, 7) is 0.629. The first kappa shape index (κ1) is 22.8. The summed E-state index contributed by atoms with van der Waals surface area (Å²) in [6, 6.07) is 25.4. The molecule has 0 amide bonds. The van der Waals surface area contributed by atoms with E-state index in [4.69, 9.17) is 33.0 Å². The molecule has 8 heteroatoms. The number of thiocarbonyl (C=S) groups is 1. The van der Waals surface area contributed by atoms with Crippen molar-refractivity contribution in [3.8, 4) is 5.75 Å². The van der Waals surface area contributed by atoms with Gasteiger partial charge in [0.05, 0.1) is 18.8 Å². The SMILES string of the molecule is COc1ccc(CN2C(=S)N[C@H](c3ccccn3)[C@@H]2c2ccc(Sc3ccc(Cl)cc3)o2)cc1. The Bertz CT molecular complexity index is 1260. The van der Waals surface area contributed by atoms with Crippen molar-refractivity contribution >= 4 is 40.7 Å². The number of benzene rings is 2. The Labute approximate surface area is 213 Å². The van der Waals surface area contributed by atoms with Crippen LogP contribution in [-0.2, 0) is 6.54 Å². The van der Waals surface area contributed by atoms with Crippen molar-refractivity contribution in [1.82, 2.24) is 15.2 Å². The largest absolute Gasteiger partial charge is 0.497 e. The van der Waals surface area contributed by atoms with Gasteiger partial charge >= 0.3 is 0 Å². The first-order chi connectivity index (χ1) is 16.6. The van der Waals surface area contributed by atoms with Crippen LogP contribution in [0.2, 0.25) is 5.02 Å². The van der Waals surface area contributed by atoms with Crippen molar-refractivity contribution in [2.75, 3.05) is 7.11 Å². The summed E-state index contributed by atoms with van der Waals surface area (Å²) in [4.78, 5) is 7.81. The van der Waals surface area contributed by atoms with Crippen LogP contribution in [0.5, 0.6) is 5.75 Å². The van der Waals surface area contributed by atoms with E-state index in [1.807, 2.05) is 66.7 Å². The van der Waals surface area contributed by atoms with Crippen LogP contribution in [0.15, 0.2) is 99.5 Å². The number of nitrogens with zero attached hydrogens (tertiary/aromatic N) is 2. The van der Waals surface area contributed by atoms with Gasteiger partial charge in [0.1, 0.15) is 17.6 Å². The molecule has 2 aromatic carbocycles. The Morgan fingerprint density at radius 1 is 1.06 bits per heavy atom. The van der Waals surface area contributed by atoms with E-state index in [1.54, 1.807) is 25.1 Å². The highest BCUT2D eigenvalue weighted by Gasteiger charge is 2.41. The van der Waals surface area contributed by atoms with Gasteiger partial charge in [0.2, 0.25) is 0 Å². The average molecular weight is 508 g/mol. The Morgan fingerprint density at radius 3 is 2.56 bits per heavy atom. The molecule has 2 atom stereocenters. The van der Waals surface area contributed by atoms with Gasteiger partial charge < -0.3 is 19.4 Å². The lowest BCUT2D eigenvalue weighted by atomic mass is 10.0. The highest BCUT2D eigenvalue weighted by Crippen LogP contribution is 2.42. The first-order valence-electron chi connectivity index (χ1n) is 10.7. The quantitative estimate of drug-likeness (QED) is 0.281. The summed E-state index contributed by atoms with van der Waals surface area (Å²) >= 11 is 13.3. The van der Waals surface area contributed by atoms with E-state index in [2.05, 4.69) is 27.3 Å². The molecule has 0 saturated carbocycles. The number of hydrogen-bond acceptors (Lipinski definition) is 5. The number of rotatable bonds is 7. The zero-order valence-corrected chi connectivity index (χ0v) is 20.7. The number of furan rings is 1. The van der Waals surface area contributed by atoms with E-state index in [1.165, 1.54) is 0 Å². The van der Waals surface area contributed by atoms with Gasteiger partial charge in [0.25, 0.3) is 0 Å². The van der Waals surface area contributed by atoms with Crippen LogP contribution in [0.25, 0.3) is 0 Å². The number of pyridine rings is 1. The summed E-state index contributed by atoms with van der Waals surface area (Å²) in [5.74, 6) is 1.65. The summed E-state index contributed by atoms with van der Waals surface area (Å²) < 4.78 is 11.6. The molecular weight excluding hydrogens is 486 g/mol. The molecule has 1 aliphatic heterocycles. The summed E-state index contributed by atoms with van der Waals surface area (Å²) in [7, 11) is 1.67. The predicted octanol–water partition coefficient (Wildman–Crippen LogP) is 6.66. The van der Waals surface area contributed by atoms with E-state index in [0.29, 0.717) is 16.7 Å². The van der Waals surface area contributed by atoms with Crippen molar-refractivity contribution < 1.29 is 9.15 Å². The maximum Gasteiger partial charge on any atom is 0.170 e. The van der Waals surface area contributed by atoms with Crippen LogP contribution in [0.4, 0.5) is 0 Å². The fraction of sp³-hybridized carbons (Fsp3) is 0.154. The lowest BCUT2D eigenvalue weighted by Crippen LogP contribution is -2.29. The van der Waals surface area contributed by atoms with Gasteiger partial charge in [-0.3, -0.25) is 4.98 Å². The second-order valence-corrected chi connectivity index (χ2v) is 9.72. The molecule has 4 aromatic rings. The number of nitrogens with one attached hydrogen (secondary N) is 1. The maximum absolute atomic E-state index is 6.35. The molecule has 1 aliphatic rings. The molecule has 1 N–H and O–H groups in total. The second-order valence-electron chi connectivity index (χ2n) is 7.82. The Morgan fingerprint density at radius 2 is 1.85 bits per heavy atom. The molecule has 0 aliphatic carbocycles. The third-order valence-corrected chi connectivity index (χ3v) is 7.17. The fourth-order valence-electron chi connectivity index (χ4n) is 3.98. The van der Waals surface area contributed by atoms with Crippen molar-refractivity contribution in [2.24, 2.45) is 0 Å². The third kappa shape index (κ3) is 4.92. The molecule has 0 radical (unpaired) electrons. The summed E-state index contributed by atoms with van der Waals surface area (Å²) in [5, 5.41) is 5.65. The minimum atomic E-state index is -0.149. The van der Waals surface area contributed by atoms with Crippen molar-refractivity contribution in [2.45, 2.75) is 28.6 Å². The predicted molar refractivity (Wildman–Crippen MR) is 138 cm³/mol. The minimum Gasteiger partial charge on any atom is -0.497 e. The van der Waals surface area contributed by atoms with Crippen molar-refractivity contribution in [3.63, 3.8) is 0 Å². The monoisotopic (exact) mass is 507 g/mol. The van der Waals surface area contributed by atoms with Gasteiger partial charge in [-0.05, 0) is 78.4 Å². The van der Waals surface area contributed by atoms with Gasteiger partial charge in [-0.1, -0.05) is 41.6 Å². The molecule has 3 heterocycles. The standard InChI is InChI=1S/C26H22ClN3O2S2/c1-31-19-9-5-17(6-10-19)16-30-25(24(29-26(30)33)21-4-2-3-15-28-21)22-13-14-23(32-22)34-20-11-7-18(27)8-12-20/h2-15,24-25H,16H2,1H3,(H,29,33)/t24-,25+/m1/s1. The molecule has 0 bridgehead atoms. The van der Waals surface area contributed by atoms with Gasteiger partial charge in [-0.25, -0.2) is 0 Å². The molecule has 1 fully saturated rings. The molecular formula is C26H22ClN3O2S2. The number of hydrogen-bond donors (Lipinski definition) is 1. The van der Waals surface area contributed by atoms with Crippen LogP contribution in [-0.4, -0.2) is 22.1 Å². The highest BCUT2D eigenvalue weighted by atomic mass is 35.5. The number of ether oxygens (including phenoxy) is 1. The molecule has 34 heavy (non-hydrogen) atoms. The Hall–Kier alpha value is -3.00. The molecule has 0 unspecified atom stereocenters. The van der Waals surface area contributed by atoms with E-state index < -0.39 is 0 Å². The topological polar surface area (TPSA) is 50.5 Å². The van der Waals surface area contributed by atoms with E-state index in [-0.39, 0.29) is 12.1 Å². The zero-order valence-electron chi connectivity index (χ0n) is 18.4. The van der Waals surface area contributed by atoms with E-state index in [9.17, 15) is 0 Å². The average Bonchev–Trinajstić information content (AvgIpc) is 3.45. The summed E-state index contributed by atoms with van der Waals surface area (Å²) in [6.07, 6.45) is 1.80. The van der Waals surface area contributed by atoms with Crippen LogP contribution in [0.1, 0.15) is 29.1 Å². The molecule has 2 aromatic heterocycles. The van der Waals surface area contributed by atoms with Gasteiger partial charge in [-0.2, -0.15) is 0 Å². The van der Waals surface area contributed by atoms with Crippen LogP contribution >= 0.6 is 35.6 Å². The Kier molecular flexibility index (Phi) is 6.76. The molecule has 5 rings (SSSR count). The van der Waals surface area contributed by atoms with Gasteiger partial charge in [0, 0.05) is 22.7 Å². The zero-order chi connectivity index (χ0) is 23.5. The third-order valence-electron chi connectivity index (χ3n) is 5.64. The molecule has 5 nitrogen and oxygen atoms in total. The molecule has 172 valence electrons. The van der Waals surface area contributed by atoms with Gasteiger partial charge in [-0.15, -0.1) is 0 Å². The van der Waals surface area contributed by atoms with E-state index >= 15 is 0 Å².